The third-order valence-corrected chi connectivity index (χ3v) is 5.05. The van der Waals surface area contributed by atoms with Crippen LogP contribution in [0.3, 0.4) is 0 Å². The molecule has 0 amide bonds. The number of H-pyrrole nitrogens is 1. The van der Waals surface area contributed by atoms with Gasteiger partial charge in [-0.1, -0.05) is 30.3 Å². The molecule has 2 N–H and O–H groups in total. The summed E-state index contributed by atoms with van der Waals surface area (Å²) in [6.45, 7) is 3.44. The zero-order valence-electron chi connectivity index (χ0n) is 11.2. The maximum Gasteiger partial charge on any atom is 0.258 e. The highest BCUT2D eigenvalue weighted by molar-refractivity contribution is 7.89. The molecule has 1 heterocycles. The Labute approximate surface area is 123 Å². The van der Waals surface area contributed by atoms with Gasteiger partial charge in [0, 0.05) is 5.88 Å². The molecule has 5 nitrogen and oxygen atoms in total. The lowest BCUT2D eigenvalue weighted by Gasteiger charge is -2.28. The SMILES string of the molecule is Cc1ncc(S(=O)(=O)NC(C)(CCl)c2ccccc2)[nH]1. The van der Waals surface area contributed by atoms with Crippen molar-refractivity contribution in [2.45, 2.75) is 24.4 Å². The van der Waals surface area contributed by atoms with E-state index in [9.17, 15) is 8.42 Å². The predicted octanol–water partition coefficient (Wildman–Crippen LogP) is 2.15. The summed E-state index contributed by atoms with van der Waals surface area (Å²) in [4.78, 5) is 6.61. The molecule has 0 spiro atoms. The molecule has 0 radical (unpaired) electrons. The Morgan fingerprint density at radius 2 is 2.00 bits per heavy atom. The Hall–Kier alpha value is -1.37. The van der Waals surface area contributed by atoms with Crippen molar-refractivity contribution < 1.29 is 8.42 Å². The van der Waals surface area contributed by atoms with Crippen molar-refractivity contribution in [3.63, 3.8) is 0 Å². The summed E-state index contributed by atoms with van der Waals surface area (Å²) in [5.41, 5.74) is -0.0875. The fourth-order valence-electron chi connectivity index (χ4n) is 1.86. The molecule has 1 aromatic carbocycles. The van der Waals surface area contributed by atoms with Crippen LogP contribution >= 0.6 is 11.6 Å². The van der Waals surface area contributed by atoms with E-state index in [1.807, 2.05) is 30.3 Å². The monoisotopic (exact) mass is 313 g/mol. The zero-order valence-corrected chi connectivity index (χ0v) is 12.8. The third kappa shape index (κ3) is 3.03. The van der Waals surface area contributed by atoms with Gasteiger partial charge in [-0.25, -0.2) is 13.4 Å². The van der Waals surface area contributed by atoms with Crippen molar-refractivity contribution in [1.82, 2.24) is 14.7 Å². The van der Waals surface area contributed by atoms with Gasteiger partial charge in [0.05, 0.1) is 11.7 Å². The first-order valence-electron chi connectivity index (χ1n) is 6.04. The summed E-state index contributed by atoms with van der Waals surface area (Å²) in [7, 11) is -3.71. The van der Waals surface area contributed by atoms with Gasteiger partial charge < -0.3 is 4.98 Å². The average molecular weight is 314 g/mol. The molecular formula is C13H16ClN3O2S. The van der Waals surface area contributed by atoms with Gasteiger partial charge in [-0.3, -0.25) is 0 Å². The molecule has 1 atom stereocenters. The summed E-state index contributed by atoms with van der Waals surface area (Å²) in [5.74, 6) is 0.654. The van der Waals surface area contributed by atoms with E-state index in [2.05, 4.69) is 14.7 Å². The highest BCUT2D eigenvalue weighted by Crippen LogP contribution is 2.24. The molecule has 2 rings (SSSR count). The smallest absolute Gasteiger partial charge is 0.258 e. The number of sulfonamides is 1. The van der Waals surface area contributed by atoms with Crippen LogP contribution in [-0.2, 0) is 15.6 Å². The molecule has 7 heteroatoms. The van der Waals surface area contributed by atoms with E-state index in [0.717, 1.165) is 5.56 Å². The van der Waals surface area contributed by atoms with E-state index in [-0.39, 0.29) is 10.9 Å². The molecule has 0 aliphatic rings. The van der Waals surface area contributed by atoms with E-state index >= 15 is 0 Å². The van der Waals surface area contributed by atoms with Crippen LogP contribution in [0.5, 0.6) is 0 Å². The van der Waals surface area contributed by atoms with Crippen LogP contribution in [0.4, 0.5) is 0 Å². The molecular weight excluding hydrogens is 298 g/mol. The number of rotatable bonds is 5. The lowest BCUT2D eigenvalue weighted by atomic mass is 9.96. The maximum absolute atomic E-state index is 12.4. The Balaban J connectivity index is 2.35. The number of aromatic nitrogens is 2. The highest BCUT2D eigenvalue weighted by Gasteiger charge is 2.32. The number of benzene rings is 1. The predicted molar refractivity (Wildman–Crippen MR) is 78.2 cm³/mol. The number of aromatic amines is 1. The standard InChI is InChI=1S/C13H16ClN3O2S/c1-10-15-8-12(16-10)20(18,19)17-13(2,9-14)11-6-4-3-5-7-11/h3-8,17H,9H2,1-2H3,(H,15,16). The van der Waals surface area contributed by atoms with Gasteiger partial charge in [0.15, 0.2) is 5.03 Å². The first-order chi connectivity index (χ1) is 9.37. The molecule has 0 saturated carbocycles. The number of nitrogens with zero attached hydrogens (tertiary/aromatic N) is 1. The topological polar surface area (TPSA) is 74.8 Å². The fourth-order valence-corrected chi connectivity index (χ4v) is 3.52. The normalized spacial score (nSPS) is 14.9. The number of hydrogen-bond donors (Lipinski definition) is 2. The van der Waals surface area contributed by atoms with Crippen LogP contribution in [0.15, 0.2) is 41.6 Å². The van der Waals surface area contributed by atoms with E-state index in [1.165, 1.54) is 6.20 Å². The van der Waals surface area contributed by atoms with Gasteiger partial charge in [-0.05, 0) is 19.4 Å². The highest BCUT2D eigenvalue weighted by atomic mass is 35.5. The van der Waals surface area contributed by atoms with Crippen LogP contribution in [0.25, 0.3) is 0 Å². The van der Waals surface area contributed by atoms with Crippen molar-refractivity contribution in [2.24, 2.45) is 0 Å². The van der Waals surface area contributed by atoms with E-state index in [1.54, 1.807) is 13.8 Å². The second-order valence-electron chi connectivity index (χ2n) is 4.77. The Bertz CT molecular complexity index is 685. The van der Waals surface area contributed by atoms with E-state index in [0.29, 0.717) is 5.82 Å². The largest absolute Gasteiger partial charge is 0.332 e. The van der Waals surface area contributed by atoms with Crippen LogP contribution in [0.2, 0.25) is 0 Å². The van der Waals surface area contributed by atoms with Crippen LogP contribution in [0.1, 0.15) is 18.3 Å². The van der Waals surface area contributed by atoms with Crippen LogP contribution in [0, 0.1) is 6.92 Å². The number of aryl methyl sites for hydroxylation is 1. The van der Waals surface area contributed by atoms with Gasteiger partial charge in [0.2, 0.25) is 0 Å². The molecule has 0 aliphatic heterocycles. The second-order valence-corrected chi connectivity index (χ2v) is 6.69. The Kier molecular flexibility index (Phi) is 4.17. The molecule has 20 heavy (non-hydrogen) atoms. The fraction of sp³-hybridized carbons (Fsp3) is 0.308. The minimum Gasteiger partial charge on any atom is -0.332 e. The van der Waals surface area contributed by atoms with Crippen molar-refractivity contribution in [2.75, 3.05) is 5.88 Å². The molecule has 2 aromatic rings. The number of nitrogens with one attached hydrogen (secondary N) is 2. The van der Waals surface area contributed by atoms with Crippen molar-refractivity contribution in [3.05, 3.63) is 47.9 Å². The van der Waals surface area contributed by atoms with Crippen LogP contribution < -0.4 is 4.72 Å². The third-order valence-electron chi connectivity index (χ3n) is 3.01. The molecule has 1 aromatic heterocycles. The van der Waals surface area contributed by atoms with E-state index in [4.69, 9.17) is 11.6 Å². The molecule has 0 aliphatic carbocycles. The van der Waals surface area contributed by atoms with Crippen LogP contribution in [-0.4, -0.2) is 24.3 Å². The van der Waals surface area contributed by atoms with Crippen molar-refractivity contribution >= 4 is 21.6 Å². The molecule has 0 saturated heterocycles. The average Bonchev–Trinajstić information content (AvgIpc) is 2.87. The molecule has 0 bridgehead atoms. The molecule has 108 valence electrons. The minimum atomic E-state index is -3.71. The number of alkyl halides is 1. The van der Waals surface area contributed by atoms with Gasteiger partial charge in [0.25, 0.3) is 10.0 Å². The summed E-state index contributed by atoms with van der Waals surface area (Å²) in [6, 6.07) is 9.22. The summed E-state index contributed by atoms with van der Waals surface area (Å²) in [6.07, 6.45) is 1.29. The Morgan fingerprint density at radius 1 is 1.35 bits per heavy atom. The van der Waals surface area contributed by atoms with Gasteiger partial charge in [-0.2, -0.15) is 4.72 Å². The zero-order chi connectivity index (χ0) is 14.8. The van der Waals surface area contributed by atoms with E-state index < -0.39 is 15.6 Å². The summed E-state index contributed by atoms with van der Waals surface area (Å²) in [5, 5.41) is 0.0299. The van der Waals surface area contributed by atoms with Gasteiger partial charge in [-0.15, -0.1) is 11.6 Å². The molecule has 1 unspecified atom stereocenters. The lowest BCUT2D eigenvalue weighted by molar-refractivity contribution is 0.475. The van der Waals surface area contributed by atoms with Gasteiger partial charge in [0.1, 0.15) is 5.82 Å². The second kappa shape index (κ2) is 5.55. The van der Waals surface area contributed by atoms with Crippen molar-refractivity contribution in [3.8, 4) is 0 Å². The maximum atomic E-state index is 12.4. The first-order valence-corrected chi connectivity index (χ1v) is 8.06. The number of halogens is 1. The quantitative estimate of drug-likeness (QED) is 0.831. The summed E-state index contributed by atoms with van der Waals surface area (Å²) < 4.78 is 27.3. The minimum absolute atomic E-state index is 0.0299. The number of hydrogen-bond acceptors (Lipinski definition) is 3. The number of imidazole rings is 1. The molecule has 0 fully saturated rings. The first kappa shape index (κ1) is 15.0. The summed E-state index contributed by atoms with van der Waals surface area (Å²) >= 11 is 5.99. The van der Waals surface area contributed by atoms with Gasteiger partial charge >= 0.3 is 0 Å². The Morgan fingerprint density at radius 3 is 2.50 bits per heavy atom. The lowest BCUT2D eigenvalue weighted by Crippen LogP contribution is -2.45. The van der Waals surface area contributed by atoms with Crippen molar-refractivity contribution in [1.29, 1.82) is 0 Å².